The zero-order chi connectivity index (χ0) is 23.5. The summed E-state index contributed by atoms with van der Waals surface area (Å²) in [6.45, 7) is 8.35. The van der Waals surface area contributed by atoms with Crippen LogP contribution in [0.5, 0.6) is 17.2 Å². The summed E-state index contributed by atoms with van der Waals surface area (Å²) in [6, 6.07) is 22.3. The molecular formula is C28H25BrN2O3. The summed E-state index contributed by atoms with van der Waals surface area (Å²) in [5, 5.41) is 7.11. The maximum Gasteiger partial charge on any atom is 0.213 e. The minimum Gasteiger partial charge on any atom is -0.490 e. The molecule has 0 N–H and O–H groups in total. The second-order valence-electron chi connectivity index (χ2n) is 8.09. The molecule has 0 fully saturated rings. The van der Waals surface area contributed by atoms with E-state index >= 15 is 0 Å². The molecule has 0 saturated carbocycles. The number of benzene rings is 3. The number of fused-ring (bicyclic) bond motifs is 3. The van der Waals surface area contributed by atoms with Gasteiger partial charge in [0.2, 0.25) is 6.23 Å². The molecule has 0 unspecified atom stereocenters. The number of hydrogen-bond acceptors (Lipinski definition) is 5. The number of ether oxygens (including phenoxy) is 3. The smallest absolute Gasteiger partial charge is 0.213 e. The minimum atomic E-state index is -0.333. The van der Waals surface area contributed by atoms with Gasteiger partial charge in [0.1, 0.15) is 30.5 Å². The normalized spacial score (nSPS) is 18.3. The van der Waals surface area contributed by atoms with Crippen molar-refractivity contribution in [3.05, 3.63) is 113 Å². The number of hydrogen-bond donors (Lipinski definition) is 0. The lowest BCUT2D eigenvalue weighted by Gasteiger charge is -2.38. The average Bonchev–Trinajstić information content (AvgIpc) is 3.32. The van der Waals surface area contributed by atoms with E-state index in [0.29, 0.717) is 13.2 Å². The lowest BCUT2D eigenvalue weighted by Crippen LogP contribution is -2.33. The first kappa shape index (κ1) is 22.3. The number of rotatable bonds is 8. The van der Waals surface area contributed by atoms with E-state index < -0.39 is 0 Å². The Bertz CT molecular complexity index is 1220. The first-order valence-corrected chi connectivity index (χ1v) is 12.0. The zero-order valence-corrected chi connectivity index (χ0v) is 20.3. The highest BCUT2D eigenvalue weighted by molar-refractivity contribution is 9.10. The van der Waals surface area contributed by atoms with E-state index in [1.54, 1.807) is 12.2 Å². The summed E-state index contributed by atoms with van der Waals surface area (Å²) < 4.78 is 18.8. The molecule has 5 rings (SSSR count). The quantitative estimate of drug-likeness (QED) is 0.308. The van der Waals surface area contributed by atoms with E-state index in [1.165, 1.54) is 0 Å². The van der Waals surface area contributed by atoms with Gasteiger partial charge < -0.3 is 14.2 Å². The average molecular weight is 517 g/mol. The Kier molecular flexibility index (Phi) is 6.41. The summed E-state index contributed by atoms with van der Waals surface area (Å²) in [6.07, 6.45) is 3.92. The molecule has 0 aliphatic carbocycles. The fraction of sp³-hybridized carbons (Fsp3) is 0.179. The summed E-state index contributed by atoms with van der Waals surface area (Å²) >= 11 is 3.61. The molecule has 3 aromatic carbocycles. The standard InChI is InChI=1S/C28H25BrN2O3/c1-3-15-32-22-10-5-19(6-11-22)25-18-26-24-17-21(29)9-14-27(24)34-28(31(26)30-25)20-7-12-23(13-8-20)33-16-4-2/h3-14,17,26,28H,1-2,15-16,18H2/t26-,28+/m0/s1. The van der Waals surface area contributed by atoms with Crippen molar-refractivity contribution in [3.8, 4) is 17.2 Å². The van der Waals surface area contributed by atoms with Gasteiger partial charge in [0.05, 0.1) is 11.8 Å². The lowest BCUT2D eigenvalue weighted by molar-refractivity contribution is -0.0191. The third-order valence-electron chi connectivity index (χ3n) is 5.84. The molecule has 2 atom stereocenters. The van der Waals surface area contributed by atoms with Crippen LogP contribution in [0.4, 0.5) is 0 Å². The van der Waals surface area contributed by atoms with Crippen LogP contribution in [0.15, 0.2) is 102 Å². The van der Waals surface area contributed by atoms with Crippen molar-refractivity contribution in [2.75, 3.05) is 13.2 Å². The van der Waals surface area contributed by atoms with Crippen LogP contribution in [0.2, 0.25) is 0 Å². The van der Waals surface area contributed by atoms with E-state index in [0.717, 1.165) is 50.5 Å². The van der Waals surface area contributed by atoms with Crippen LogP contribution in [0.3, 0.4) is 0 Å². The van der Waals surface area contributed by atoms with E-state index in [2.05, 4.69) is 52.3 Å². The molecule has 0 amide bonds. The molecule has 0 saturated heterocycles. The van der Waals surface area contributed by atoms with Crippen molar-refractivity contribution in [1.82, 2.24) is 5.01 Å². The molecule has 0 aromatic heterocycles. The molecule has 2 aliphatic heterocycles. The van der Waals surface area contributed by atoms with Crippen molar-refractivity contribution in [1.29, 1.82) is 0 Å². The first-order valence-electron chi connectivity index (χ1n) is 11.2. The Morgan fingerprint density at radius 1 is 0.941 bits per heavy atom. The van der Waals surface area contributed by atoms with Gasteiger partial charge in [-0.15, -0.1) is 0 Å². The largest absolute Gasteiger partial charge is 0.490 e. The van der Waals surface area contributed by atoms with Crippen LogP contribution in [0.25, 0.3) is 0 Å². The summed E-state index contributed by atoms with van der Waals surface area (Å²) in [7, 11) is 0. The van der Waals surface area contributed by atoms with Crippen LogP contribution in [-0.4, -0.2) is 23.9 Å². The lowest BCUT2D eigenvalue weighted by atomic mass is 9.96. The summed E-state index contributed by atoms with van der Waals surface area (Å²) in [5.74, 6) is 2.49. The third-order valence-corrected chi connectivity index (χ3v) is 6.33. The van der Waals surface area contributed by atoms with Crippen LogP contribution < -0.4 is 14.2 Å². The Labute approximate surface area is 208 Å². The monoisotopic (exact) mass is 516 g/mol. The van der Waals surface area contributed by atoms with Crippen molar-refractivity contribution in [2.24, 2.45) is 5.10 Å². The third kappa shape index (κ3) is 4.46. The second kappa shape index (κ2) is 9.77. The first-order chi connectivity index (χ1) is 16.7. The Balaban J connectivity index is 1.47. The summed E-state index contributed by atoms with van der Waals surface area (Å²) in [4.78, 5) is 0. The molecular weight excluding hydrogens is 492 g/mol. The molecule has 5 nitrogen and oxygen atoms in total. The van der Waals surface area contributed by atoms with Crippen molar-refractivity contribution >= 4 is 21.6 Å². The predicted octanol–water partition coefficient (Wildman–Crippen LogP) is 6.82. The van der Waals surface area contributed by atoms with Gasteiger partial charge in [-0.2, -0.15) is 5.10 Å². The Morgan fingerprint density at radius 3 is 2.24 bits per heavy atom. The fourth-order valence-electron chi connectivity index (χ4n) is 4.24. The maximum absolute atomic E-state index is 6.47. The van der Waals surface area contributed by atoms with Gasteiger partial charge in [-0.1, -0.05) is 41.2 Å². The second-order valence-corrected chi connectivity index (χ2v) is 9.01. The van der Waals surface area contributed by atoms with Crippen molar-refractivity contribution < 1.29 is 14.2 Å². The molecule has 34 heavy (non-hydrogen) atoms. The van der Waals surface area contributed by atoms with Gasteiger partial charge in [-0.3, -0.25) is 0 Å². The highest BCUT2D eigenvalue weighted by Crippen LogP contribution is 2.48. The van der Waals surface area contributed by atoms with E-state index in [-0.39, 0.29) is 12.3 Å². The molecule has 0 bridgehead atoms. The molecule has 2 heterocycles. The van der Waals surface area contributed by atoms with E-state index in [4.69, 9.17) is 19.3 Å². The number of hydrazone groups is 1. The summed E-state index contributed by atoms with van der Waals surface area (Å²) in [5.41, 5.74) is 4.24. The Morgan fingerprint density at radius 2 is 1.59 bits per heavy atom. The zero-order valence-electron chi connectivity index (χ0n) is 18.7. The molecule has 172 valence electrons. The minimum absolute atomic E-state index is 0.0784. The molecule has 6 heteroatoms. The van der Waals surface area contributed by atoms with Crippen LogP contribution >= 0.6 is 15.9 Å². The fourth-order valence-corrected chi connectivity index (χ4v) is 4.61. The highest BCUT2D eigenvalue weighted by atomic mass is 79.9. The molecule has 3 aromatic rings. The van der Waals surface area contributed by atoms with Gasteiger partial charge in [0.25, 0.3) is 0 Å². The van der Waals surface area contributed by atoms with Gasteiger partial charge in [0, 0.05) is 22.0 Å². The number of nitrogens with zero attached hydrogens (tertiary/aromatic N) is 2. The maximum atomic E-state index is 6.47. The molecule has 0 radical (unpaired) electrons. The van der Waals surface area contributed by atoms with Crippen LogP contribution in [0, 0.1) is 0 Å². The highest BCUT2D eigenvalue weighted by Gasteiger charge is 2.41. The van der Waals surface area contributed by atoms with Gasteiger partial charge in [0.15, 0.2) is 0 Å². The van der Waals surface area contributed by atoms with Gasteiger partial charge in [-0.25, -0.2) is 5.01 Å². The van der Waals surface area contributed by atoms with Crippen molar-refractivity contribution in [3.63, 3.8) is 0 Å². The predicted molar refractivity (Wildman–Crippen MR) is 138 cm³/mol. The Hall–Kier alpha value is -3.51. The van der Waals surface area contributed by atoms with E-state index in [9.17, 15) is 0 Å². The van der Waals surface area contributed by atoms with Crippen LogP contribution in [-0.2, 0) is 0 Å². The SMILES string of the molecule is C=CCOc1ccc(C2=NN3[C@@H](c4ccc(OCC=C)cc4)Oc4ccc(Br)cc4[C@@H]3C2)cc1. The van der Waals surface area contributed by atoms with Crippen LogP contribution in [0.1, 0.15) is 35.4 Å². The number of halogens is 1. The van der Waals surface area contributed by atoms with E-state index in [1.807, 2.05) is 48.5 Å². The van der Waals surface area contributed by atoms with Gasteiger partial charge >= 0.3 is 0 Å². The molecule has 0 spiro atoms. The van der Waals surface area contributed by atoms with Crippen molar-refractivity contribution in [2.45, 2.75) is 18.7 Å². The molecule has 2 aliphatic rings. The van der Waals surface area contributed by atoms with Gasteiger partial charge in [-0.05, 0) is 72.3 Å². The topological polar surface area (TPSA) is 43.3 Å².